The standard InChI is InChI=1S/C13H18N2O2S/c16-13(11-5-2-4-9-17-11)15-8-10-18-12-6-1-3-7-14-12/h1,3,6-7,11H,2,4-5,8-10H2,(H,15,16). The average Bonchev–Trinajstić information content (AvgIpc) is 2.45. The summed E-state index contributed by atoms with van der Waals surface area (Å²) in [6.45, 7) is 1.36. The van der Waals surface area contributed by atoms with E-state index in [9.17, 15) is 4.79 Å². The van der Waals surface area contributed by atoms with Crippen molar-refractivity contribution in [1.82, 2.24) is 10.3 Å². The van der Waals surface area contributed by atoms with Crippen molar-refractivity contribution in [2.24, 2.45) is 0 Å². The number of amides is 1. The Bertz CT molecular complexity index is 367. The van der Waals surface area contributed by atoms with Crippen LogP contribution in [0.1, 0.15) is 19.3 Å². The van der Waals surface area contributed by atoms with Crippen LogP contribution in [0.3, 0.4) is 0 Å². The summed E-state index contributed by atoms with van der Waals surface area (Å²) in [4.78, 5) is 16.0. The molecule has 0 aliphatic carbocycles. The first-order valence-corrected chi connectivity index (χ1v) is 7.28. The molecule has 0 aromatic carbocycles. The summed E-state index contributed by atoms with van der Waals surface area (Å²) < 4.78 is 5.42. The molecule has 1 aliphatic heterocycles. The number of carbonyl (C=O) groups excluding carboxylic acids is 1. The summed E-state index contributed by atoms with van der Waals surface area (Å²) in [5.74, 6) is 0.853. The summed E-state index contributed by atoms with van der Waals surface area (Å²) in [6.07, 6.45) is 4.54. The van der Waals surface area contributed by atoms with Crippen LogP contribution in [0.2, 0.25) is 0 Å². The van der Waals surface area contributed by atoms with E-state index in [2.05, 4.69) is 10.3 Å². The third-order valence-electron chi connectivity index (χ3n) is 2.76. The molecule has 1 aromatic heterocycles. The van der Waals surface area contributed by atoms with Gasteiger partial charge in [0, 0.05) is 25.1 Å². The Morgan fingerprint density at radius 2 is 2.44 bits per heavy atom. The molecule has 1 fully saturated rings. The maximum absolute atomic E-state index is 11.7. The van der Waals surface area contributed by atoms with Crippen LogP contribution in [0.25, 0.3) is 0 Å². The number of pyridine rings is 1. The fourth-order valence-corrected chi connectivity index (χ4v) is 2.55. The molecule has 0 radical (unpaired) electrons. The highest BCUT2D eigenvalue weighted by Gasteiger charge is 2.21. The van der Waals surface area contributed by atoms with E-state index in [0.717, 1.165) is 30.0 Å². The minimum Gasteiger partial charge on any atom is -0.368 e. The molecule has 1 aromatic rings. The van der Waals surface area contributed by atoms with Gasteiger partial charge < -0.3 is 10.1 Å². The fourth-order valence-electron chi connectivity index (χ4n) is 1.82. The Morgan fingerprint density at radius 3 is 3.17 bits per heavy atom. The Hall–Kier alpha value is -1.07. The Morgan fingerprint density at radius 1 is 1.50 bits per heavy atom. The van der Waals surface area contributed by atoms with Crippen molar-refractivity contribution in [3.63, 3.8) is 0 Å². The molecule has 98 valence electrons. The Balaban J connectivity index is 1.61. The zero-order valence-corrected chi connectivity index (χ0v) is 11.1. The van der Waals surface area contributed by atoms with Gasteiger partial charge in [-0.3, -0.25) is 4.79 Å². The summed E-state index contributed by atoms with van der Waals surface area (Å²) >= 11 is 1.64. The van der Waals surface area contributed by atoms with Gasteiger partial charge in [0.2, 0.25) is 5.91 Å². The second-order valence-electron chi connectivity index (χ2n) is 4.16. The lowest BCUT2D eigenvalue weighted by molar-refractivity contribution is -0.135. The van der Waals surface area contributed by atoms with E-state index in [4.69, 9.17) is 4.74 Å². The molecule has 1 N–H and O–H groups in total. The van der Waals surface area contributed by atoms with Crippen LogP contribution in [0.15, 0.2) is 29.4 Å². The number of carbonyl (C=O) groups is 1. The third kappa shape index (κ3) is 4.31. The normalized spacial score (nSPS) is 19.4. The lowest BCUT2D eigenvalue weighted by Gasteiger charge is -2.21. The molecule has 1 amide bonds. The molecule has 1 unspecified atom stereocenters. The van der Waals surface area contributed by atoms with E-state index in [0.29, 0.717) is 13.2 Å². The number of ether oxygens (including phenoxy) is 1. The zero-order valence-electron chi connectivity index (χ0n) is 10.3. The van der Waals surface area contributed by atoms with E-state index in [1.54, 1.807) is 18.0 Å². The molecule has 2 rings (SSSR count). The number of rotatable bonds is 5. The SMILES string of the molecule is O=C(NCCSc1ccccn1)C1CCCCO1. The van der Waals surface area contributed by atoms with E-state index in [1.807, 2.05) is 18.2 Å². The number of thioether (sulfide) groups is 1. The number of nitrogens with zero attached hydrogens (tertiary/aromatic N) is 1. The lowest BCUT2D eigenvalue weighted by atomic mass is 10.1. The molecule has 1 atom stereocenters. The third-order valence-corrected chi connectivity index (χ3v) is 3.71. The molecular weight excluding hydrogens is 248 g/mol. The van der Waals surface area contributed by atoms with Crippen molar-refractivity contribution in [2.45, 2.75) is 30.4 Å². The topological polar surface area (TPSA) is 51.2 Å². The van der Waals surface area contributed by atoms with Crippen LogP contribution >= 0.6 is 11.8 Å². The second kappa shape index (κ2) is 7.38. The summed E-state index contributed by atoms with van der Waals surface area (Å²) in [5, 5.41) is 3.90. The summed E-state index contributed by atoms with van der Waals surface area (Å²) in [7, 11) is 0. The molecular formula is C13H18N2O2S. The molecule has 0 saturated carbocycles. The van der Waals surface area contributed by atoms with Gasteiger partial charge >= 0.3 is 0 Å². The van der Waals surface area contributed by atoms with E-state index in [-0.39, 0.29) is 12.0 Å². The van der Waals surface area contributed by atoms with Gasteiger partial charge in [-0.15, -0.1) is 11.8 Å². The smallest absolute Gasteiger partial charge is 0.249 e. The van der Waals surface area contributed by atoms with Gasteiger partial charge in [0.1, 0.15) is 6.10 Å². The van der Waals surface area contributed by atoms with E-state index in [1.165, 1.54) is 0 Å². The lowest BCUT2D eigenvalue weighted by Crippen LogP contribution is -2.39. The molecule has 0 bridgehead atoms. The number of nitrogens with one attached hydrogen (secondary N) is 1. The van der Waals surface area contributed by atoms with E-state index < -0.39 is 0 Å². The molecule has 18 heavy (non-hydrogen) atoms. The number of hydrogen-bond acceptors (Lipinski definition) is 4. The van der Waals surface area contributed by atoms with Crippen LogP contribution in [0.4, 0.5) is 0 Å². The highest BCUT2D eigenvalue weighted by Crippen LogP contribution is 2.14. The minimum absolute atomic E-state index is 0.0244. The van der Waals surface area contributed by atoms with Crippen LogP contribution in [0, 0.1) is 0 Å². The monoisotopic (exact) mass is 266 g/mol. The molecule has 1 aliphatic rings. The van der Waals surface area contributed by atoms with Gasteiger partial charge in [-0.2, -0.15) is 0 Å². The van der Waals surface area contributed by atoms with Crippen LogP contribution in [-0.2, 0) is 9.53 Å². The second-order valence-corrected chi connectivity index (χ2v) is 5.28. The zero-order chi connectivity index (χ0) is 12.6. The first kappa shape index (κ1) is 13.4. The maximum atomic E-state index is 11.7. The van der Waals surface area contributed by atoms with Crippen molar-refractivity contribution in [2.75, 3.05) is 18.9 Å². The fraction of sp³-hybridized carbons (Fsp3) is 0.538. The summed E-state index contributed by atoms with van der Waals surface area (Å²) in [5.41, 5.74) is 0. The quantitative estimate of drug-likeness (QED) is 0.653. The van der Waals surface area contributed by atoms with Crippen molar-refractivity contribution >= 4 is 17.7 Å². The predicted molar refractivity (Wildman–Crippen MR) is 71.6 cm³/mol. The molecule has 2 heterocycles. The van der Waals surface area contributed by atoms with Crippen molar-refractivity contribution in [1.29, 1.82) is 0 Å². The first-order valence-electron chi connectivity index (χ1n) is 6.29. The number of aromatic nitrogens is 1. The van der Waals surface area contributed by atoms with E-state index >= 15 is 0 Å². The molecule has 4 nitrogen and oxygen atoms in total. The van der Waals surface area contributed by atoms with Gasteiger partial charge in [-0.25, -0.2) is 4.98 Å². The molecule has 1 saturated heterocycles. The highest BCUT2D eigenvalue weighted by atomic mass is 32.2. The largest absolute Gasteiger partial charge is 0.368 e. The predicted octanol–water partition coefficient (Wildman–Crippen LogP) is 1.86. The Kier molecular flexibility index (Phi) is 5.48. The molecule has 0 spiro atoms. The van der Waals surface area contributed by atoms with Crippen LogP contribution in [0.5, 0.6) is 0 Å². The van der Waals surface area contributed by atoms with Gasteiger partial charge in [0.25, 0.3) is 0 Å². The van der Waals surface area contributed by atoms with Crippen LogP contribution in [-0.4, -0.2) is 35.9 Å². The minimum atomic E-state index is -0.237. The summed E-state index contributed by atoms with van der Waals surface area (Å²) in [6, 6.07) is 5.83. The molecule has 5 heteroatoms. The van der Waals surface area contributed by atoms with Gasteiger partial charge in [-0.05, 0) is 31.4 Å². The maximum Gasteiger partial charge on any atom is 0.249 e. The van der Waals surface area contributed by atoms with Crippen molar-refractivity contribution in [3.05, 3.63) is 24.4 Å². The van der Waals surface area contributed by atoms with Crippen LogP contribution < -0.4 is 5.32 Å². The average molecular weight is 266 g/mol. The Labute approximate surface area is 112 Å². The highest BCUT2D eigenvalue weighted by molar-refractivity contribution is 7.99. The first-order chi connectivity index (χ1) is 8.86. The van der Waals surface area contributed by atoms with Gasteiger partial charge in [-0.1, -0.05) is 6.07 Å². The van der Waals surface area contributed by atoms with Crippen molar-refractivity contribution in [3.8, 4) is 0 Å². The van der Waals surface area contributed by atoms with Crippen molar-refractivity contribution < 1.29 is 9.53 Å². The van der Waals surface area contributed by atoms with Gasteiger partial charge in [0.05, 0.1) is 5.03 Å². The number of hydrogen-bond donors (Lipinski definition) is 1. The van der Waals surface area contributed by atoms with Gasteiger partial charge in [0.15, 0.2) is 0 Å².